The van der Waals surface area contributed by atoms with Crippen molar-refractivity contribution >= 4 is 27.5 Å². The molecule has 1 aromatic heterocycles. The summed E-state index contributed by atoms with van der Waals surface area (Å²) in [4.78, 5) is 14.4. The number of amidine groups is 1. The van der Waals surface area contributed by atoms with Crippen molar-refractivity contribution < 1.29 is 13.2 Å². The van der Waals surface area contributed by atoms with Crippen LogP contribution in [0.4, 0.5) is 5.69 Å². The number of aromatic nitrogens is 2. The van der Waals surface area contributed by atoms with Gasteiger partial charge in [-0.2, -0.15) is 13.5 Å². The first kappa shape index (κ1) is 20.1. The second-order valence-electron chi connectivity index (χ2n) is 6.89. The zero-order valence-corrected chi connectivity index (χ0v) is 16.9. The Morgan fingerprint density at radius 3 is 2.82 bits per heavy atom. The minimum atomic E-state index is -3.85. The van der Waals surface area contributed by atoms with Crippen LogP contribution in [0.25, 0.3) is 0 Å². The number of sulfonamides is 1. The summed E-state index contributed by atoms with van der Waals surface area (Å²) in [5.74, 6) is 0.298. The van der Waals surface area contributed by atoms with Crippen LogP contribution in [0.2, 0.25) is 0 Å². The third-order valence-corrected chi connectivity index (χ3v) is 6.06. The molecular formula is C19H25N5O3S. The number of rotatable bonds is 5. The Hall–Kier alpha value is -2.68. The van der Waals surface area contributed by atoms with E-state index in [0.717, 1.165) is 25.8 Å². The number of carbonyl (C=O) groups excluding carboxylic acids is 1. The molecule has 1 aromatic carbocycles. The monoisotopic (exact) mass is 403 g/mol. The van der Waals surface area contributed by atoms with Crippen molar-refractivity contribution in [3.05, 3.63) is 42.7 Å². The number of anilines is 1. The molecule has 0 aliphatic carbocycles. The highest BCUT2D eigenvalue weighted by Gasteiger charge is 2.20. The van der Waals surface area contributed by atoms with Gasteiger partial charge in [0, 0.05) is 38.1 Å². The fourth-order valence-corrected chi connectivity index (χ4v) is 4.19. The zero-order chi connectivity index (χ0) is 20.1. The van der Waals surface area contributed by atoms with E-state index < -0.39 is 16.1 Å². The lowest BCUT2D eigenvalue weighted by Gasteiger charge is -2.18. The molecule has 1 fully saturated rings. The van der Waals surface area contributed by atoms with Gasteiger partial charge in [0.15, 0.2) is 0 Å². The Balaban J connectivity index is 1.79. The van der Waals surface area contributed by atoms with Crippen molar-refractivity contribution in [2.75, 3.05) is 18.9 Å². The highest BCUT2D eigenvalue weighted by Crippen LogP contribution is 2.21. The number of nitrogens with zero attached hydrogens (tertiary/aromatic N) is 4. The summed E-state index contributed by atoms with van der Waals surface area (Å²) in [7, 11) is -1.99. The summed E-state index contributed by atoms with van der Waals surface area (Å²) in [6.07, 6.45) is 6.98. The number of amides is 1. The summed E-state index contributed by atoms with van der Waals surface area (Å²) in [5, 5.41) is 6.79. The summed E-state index contributed by atoms with van der Waals surface area (Å²) in [5.41, 5.74) is 0.402. The number of hydrogen-bond donors (Lipinski definition) is 1. The van der Waals surface area contributed by atoms with Crippen molar-refractivity contribution in [1.82, 2.24) is 14.7 Å². The van der Waals surface area contributed by atoms with Crippen LogP contribution < -0.4 is 5.32 Å². The Labute approximate surface area is 165 Å². The van der Waals surface area contributed by atoms with E-state index in [4.69, 9.17) is 0 Å². The van der Waals surface area contributed by atoms with Crippen LogP contribution in [0.1, 0.15) is 38.6 Å². The third kappa shape index (κ3) is 4.78. The largest absolute Gasteiger partial charge is 0.362 e. The predicted octanol–water partition coefficient (Wildman–Crippen LogP) is 2.68. The molecule has 8 nitrogen and oxygen atoms in total. The normalized spacial score (nSPS) is 17.9. The van der Waals surface area contributed by atoms with Crippen LogP contribution in [0.3, 0.4) is 0 Å². The van der Waals surface area contributed by atoms with Crippen molar-refractivity contribution in [2.45, 2.75) is 43.5 Å². The fraction of sp³-hybridized carbons (Fsp3) is 0.421. The van der Waals surface area contributed by atoms with Crippen molar-refractivity contribution in [1.29, 1.82) is 0 Å². The number of carbonyl (C=O) groups is 1. The molecule has 1 aliphatic rings. The smallest absolute Gasteiger partial charge is 0.284 e. The maximum absolute atomic E-state index is 12.8. The molecular weight excluding hydrogens is 378 g/mol. The summed E-state index contributed by atoms with van der Waals surface area (Å²) >= 11 is 0. The quantitative estimate of drug-likeness (QED) is 0.828. The van der Waals surface area contributed by atoms with E-state index >= 15 is 0 Å². The summed E-state index contributed by atoms with van der Waals surface area (Å²) in [6.45, 7) is 2.52. The third-order valence-electron chi connectivity index (χ3n) is 4.76. The van der Waals surface area contributed by atoms with Crippen LogP contribution in [0, 0.1) is 0 Å². The standard InChI is InChI=1S/C19H25N5O3S/c1-15(24-13-7-11-20-24)19(25)21-16-8-6-9-17(14-16)28(26,27)22-18-10-4-3-5-12-23(18)2/h6-9,11,13-15H,3-5,10,12H2,1-2H3,(H,21,25)/b22-18-. The molecule has 0 bridgehead atoms. The van der Waals surface area contributed by atoms with E-state index in [1.165, 1.54) is 16.8 Å². The minimum absolute atomic E-state index is 0.0576. The van der Waals surface area contributed by atoms with E-state index in [9.17, 15) is 13.2 Å². The van der Waals surface area contributed by atoms with E-state index in [1.54, 1.807) is 37.5 Å². The lowest BCUT2D eigenvalue weighted by Crippen LogP contribution is -2.27. The van der Waals surface area contributed by atoms with Crippen LogP contribution in [0.5, 0.6) is 0 Å². The Morgan fingerprint density at radius 1 is 1.25 bits per heavy atom. The lowest BCUT2D eigenvalue weighted by atomic mass is 10.2. The second-order valence-corrected chi connectivity index (χ2v) is 8.50. The van der Waals surface area contributed by atoms with Gasteiger partial charge in [-0.1, -0.05) is 12.5 Å². The Kier molecular flexibility index (Phi) is 6.13. The van der Waals surface area contributed by atoms with Gasteiger partial charge in [0.25, 0.3) is 10.0 Å². The topological polar surface area (TPSA) is 96.7 Å². The highest BCUT2D eigenvalue weighted by molar-refractivity contribution is 7.90. The van der Waals surface area contributed by atoms with Gasteiger partial charge in [0.1, 0.15) is 11.9 Å². The van der Waals surface area contributed by atoms with Gasteiger partial charge in [0.2, 0.25) is 5.91 Å². The molecule has 1 aliphatic heterocycles. The first-order valence-corrected chi connectivity index (χ1v) is 10.8. The molecule has 2 aromatic rings. The molecule has 2 heterocycles. The lowest BCUT2D eigenvalue weighted by molar-refractivity contribution is -0.119. The second kappa shape index (κ2) is 8.55. The molecule has 0 saturated carbocycles. The van der Waals surface area contributed by atoms with Gasteiger partial charge in [0.05, 0.1) is 4.90 Å². The van der Waals surface area contributed by atoms with Gasteiger partial charge in [-0.25, -0.2) is 0 Å². The van der Waals surface area contributed by atoms with E-state index in [-0.39, 0.29) is 10.8 Å². The summed E-state index contributed by atoms with van der Waals surface area (Å²) < 4.78 is 31.1. The first-order valence-electron chi connectivity index (χ1n) is 9.32. The molecule has 1 amide bonds. The summed E-state index contributed by atoms with van der Waals surface area (Å²) in [6, 6.07) is 7.39. The van der Waals surface area contributed by atoms with E-state index in [0.29, 0.717) is 17.9 Å². The van der Waals surface area contributed by atoms with Crippen molar-refractivity contribution in [3.63, 3.8) is 0 Å². The van der Waals surface area contributed by atoms with Crippen LogP contribution in [-0.2, 0) is 14.8 Å². The molecule has 1 N–H and O–H groups in total. The van der Waals surface area contributed by atoms with Crippen LogP contribution in [0.15, 0.2) is 52.0 Å². The molecule has 150 valence electrons. The average molecular weight is 404 g/mol. The Morgan fingerprint density at radius 2 is 2.07 bits per heavy atom. The maximum atomic E-state index is 12.8. The maximum Gasteiger partial charge on any atom is 0.284 e. The van der Waals surface area contributed by atoms with Gasteiger partial charge >= 0.3 is 0 Å². The van der Waals surface area contributed by atoms with E-state index in [2.05, 4.69) is 14.8 Å². The number of nitrogens with one attached hydrogen (secondary N) is 1. The molecule has 1 unspecified atom stereocenters. The molecule has 0 spiro atoms. The van der Waals surface area contributed by atoms with Gasteiger partial charge in [-0.15, -0.1) is 4.40 Å². The van der Waals surface area contributed by atoms with Gasteiger partial charge in [-0.3, -0.25) is 9.48 Å². The van der Waals surface area contributed by atoms with Crippen molar-refractivity contribution in [3.8, 4) is 0 Å². The number of hydrogen-bond acceptors (Lipinski definition) is 4. The van der Waals surface area contributed by atoms with Crippen LogP contribution in [-0.4, -0.2) is 48.4 Å². The molecule has 1 saturated heterocycles. The van der Waals surface area contributed by atoms with Crippen molar-refractivity contribution in [2.24, 2.45) is 4.40 Å². The fourth-order valence-electron chi connectivity index (χ4n) is 3.05. The number of benzene rings is 1. The zero-order valence-electron chi connectivity index (χ0n) is 16.1. The minimum Gasteiger partial charge on any atom is -0.362 e. The highest BCUT2D eigenvalue weighted by atomic mass is 32.2. The molecule has 3 rings (SSSR count). The molecule has 1 atom stereocenters. The average Bonchev–Trinajstić information content (AvgIpc) is 3.13. The SMILES string of the molecule is CC(C(=O)Nc1cccc(S(=O)(=O)/N=C2/CCCCCN2C)c1)n1cccn1. The molecule has 9 heteroatoms. The molecule has 0 radical (unpaired) electrons. The predicted molar refractivity (Wildman–Crippen MR) is 108 cm³/mol. The van der Waals surface area contributed by atoms with Gasteiger partial charge < -0.3 is 10.2 Å². The first-order chi connectivity index (χ1) is 13.4. The molecule has 28 heavy (non-hydrogen) atoms. The van der Waals surface area contributed by atoms with Gasteiger partial charge in [-0.05, 0) is 44.0 Å². The van der Waals surface area contributed by atoms with Crippen LogP contribution >= 0.6 is 0 Å². The van der Waals surface area contributed by atoms with E-state index in [1.807, 2.05) is 11.9 Å². The number of likely N-dealkylation sites (tertiary alicyclic amines) is 1. The Bertz CT molecular complexity index is 954.